The molecule has 4 nitrogen and oxygen atoms in total. The number of benzene rings is 1. The highest BCUT2D eigenvalue weighted by atomic mass is 19.1. The highest BCUT2D eigenvalue weighted by molar-refractivity contribution is 5.59. The Bertz CT molecular complexity index is 510. The topological polar surface area (TPSA) is 63.8 Å². The van der Waals surface area contributed by atoms with E-state index in [0.717, 1.165) is 17.7 Å². The van der Waals surface area contributed by atoms with E-state index in [1.165, 1.54) is 12.1 Å². The SMILES string of the molecule is CC(CCN)Nc1ccc(-c2ccc(F)cc2)nn1. The number of aromatic nitrogens is 2. The second-order valence-electron chi connectivity index (χ2n) is 4.43. The van der Waals surface area contributed by atoms with Crippen LogP contribution in [-0.2, 0) is 0 Å². The maximum atomic E-state index is 12.8. The number of hydrogen-bond acceptors (Lipinski definition) is 4. The molecule has 1 atom stereocenters. The fraction of sp³-hybridized carbons (Fsp3) is 0.286. The molecule has 19 heavy (non-hydrogen) atoms. The summed E-state index contributed by atoms with van der Waals surface area (Å²) in [5.41, 5.74) is 7.05. The van der Waals surface area contributed by atoms with E-state index in [1.54, 1.807) is 12.1 Å². The van der Waals surface area contributed by atoms with Gasteiger partial charge < -0.3 is 11.1 Å². The Kier molecular flexibility index (Phi) is 4.41. The predicted molar refractivity (Wildman–Crippen MR) is 74.2 cm³/mol. The molecule has 0 saturated carbocycles. The van der Waals surface area contributed by atoms with Gasteiger partial charge in [0, 0.05) is 11.6 Å². The van der Waals surface area contributed by atoms with Gasteiger partial charge in [0.05, 0.1) is 5.69 Å². The minimum Gasteiger partial charge on any atom is -0.366 e. The molecule has 1 aromatic carbocycles. The van der Waals surface area contributed by atoms with Crippen LogP contribution in [0.15, 0.2) is 36.4 Å². The highest BCUT2D eigenvalue weighted by Gasteiger charge is 2.04. The zero-order chi connectivity index (χ0) is 13.7. The molecule has 0 aliphatic rings. The van der Waals surface area contributed by atoms with Crippen molar-refractivity contribution in [3.8, 4) is 11.3 Å². The van der Waals surface area contributed by atoms with E-state index < -0.39 is 0 Å². The van der Waals surface area contributed by atoms with Crippen LogP contribution in [0.5, 0.6) is 0 Å². The van der Waals surface area contributed by atoms with Gasteiger partial charge in [-0.3, -0.25) is 0 Å². The van der Waals surface area contributed by atoms with Crippen molar-refractivity contribution in [1.82, 2.24) is 10.2 Å². The van der Waals surface area contributed by atoms with Gasteiger partial charge in [0.15, 0.2) is 0 Å². The van der Waals surface area contributed by atoms with E-state index in [2.05, 4.69) is 15.5 Å². The molecule has 0 radical (unpaired) electrons. The lowest BCUT2D eigenvalue weighted by Crippen LogP contribution is -2.20. The average Bonchev–Trinajstić information content (AvgIpc) is 2.41. The molecule has 0 bridgehead atoms. The number of rotatable bonds is 5. The third-order valence-corrected chi connectivity index (χ3v) is 2.80. The zero-order valence-corrected chi connectivity index (χ0v) is 10.8. The van der Waals surface area contributed by atoms with E-state index in [1.807, 2.05) is 19.1 Å². The molecule has 1 heterocycles. The molecule has 0 amide bonds. The standard InChI is InChI=1S/C14H17FN4/c1-10(8-9-16)17-14-7-6-13(18-19-14)11-2-4-12(15)5-3-11/h2-7,10H,8-9,16H2,1H3,(H,17,19). The molecule has 3 N–H and O–H groups in total. The van der Waals surface area contributed by atoms with Crippen LogP contribution >= 0.6 is 0 Å². The number of anilines is 1. The molecule has 1 unspecified atom stereocenters. The third kappa shape index (κ3) is 3.72. The van der Waals surface area contributed by atoms with Gasteiger partial charge in [0.1, 0.15) is 11.6 Å². The molecular formula is C14H17FN4. The normalized spacial score (nSPS) is 12.2. The van der Waals surface area contributed by atoms with E-state index >= 15 is 0 Å². The molecular weight excluding hydrogens is 243 g/mol. The summed E-state index contributed by atoms with van der Waals surface area (Å²) >= 11 is 0. The van der Waals surface area contributed by atoms with E-state index in [-0.39, 0.29) is 11.9 Å². The number of nitrogens with zero attached hydrogens (tertiary/aromatic N) is 2. The Balaban J connectivity index is 2.08. The van der Waals surface area contributed by atoms with Crippen molar-refractivity contribution in [1.29, 1.82) is 0 Å². The Morgan fingerprint density at radius 3 is 2.47 bits per heavy atom. The number of nitrogens with one attached hydrogen (secondary N) is 1. The van der Waals surface area contributed by atoms with Crippen molar-refractivity contribution in [2.45, 2.75) is 19.4 Å². The van der Waals surface area contributed by atoms with Gasteiger partial charge in [0.2, 0.25) is 0 Å². The molecule has 0 aliphatic heterocycles. The second kappa shape index (κ2) is 6.24. The second-order valence-corrected chi connectivity index (χ2v) is 4.43. The lowest BCUT2D eigenvalue weighted by atomic mass is 10.1. The van der Waals surface area contributed by atoms with Gasteiger partial charge in [0.25, 0.3) is 0 Å². The quantitative estimate of drug-likeness (QED) is 0.866. The van der Waals surface area contributed by atoms with Gasteiger partial charge in [-0.05, 0) is 56.3 Å². The van der Waals surface area contributed by atoms with Gasteiger partial charge >= 0.3 is 0 Å². The van der Waals surface area contributed by atoms with Crippen LogP contribution in [0.25, 0.3) is 11.3 Å². The Morgan fingerprint density at radius 1 is 1.16 bits per heavy atom. The summed E-state index contributed by atoms with van der Waals surface area (Å²) in [6.07, 6.45) is 0.876. The molecule has 5 heteroatoms. The van der Waals surface area contributed by atoms with Crippen LogP contribution in [0.3, 0.4) is 0 Å². The van der Waals surface area contributed by atoms with Crippen LogP contribution < -0.4 is 11.1 Å². The summed E-state index contributed by atoms with van der Waals surface area (Å²) in [5, 5.41) is 11.4. The molecule has 2 aromatic rings. The average molecular weight is 260 g/mol. The Labute approximate surface area is 111 Å². The zero-order valence-electron chi connectivity index (χ0n) is 10.8. The summed E-state index contributed by atoms with van der Waals surface area (Å²) in [6.45, 7) is 2.68. The summed E-state index contributed by atoms with van der Waals surface area (Å²) in [4.78, 5) is 0. The van der Waals surface area contributed by atoms with E-state index in [9.17, 15) is 4.39 Å². The van der Waals surface area contributed by atoms with Gasteiger partial charge in [-0.2, -0.15) is 0 Å². The van der Waals surface area contributed by atoms with E-state index in [4.69, 9.17) is 5.73 Å². The first-order chi connectivity index (χ1) is 9.19. The Hall–Kier alpha value is -2.01. The van der Waals surface area contributed by atoms with E-state index in [0.29, 0.717) is 12.4 Å². The van der Waals surface area contributed by atoms with Crippen molar-refractivity contribution in [2.75, 3.05) is 11.9 Å². The van der Waals surface area contributed by atoms with Crippen molar-refractivity contribution in [3.63, 3.8) is 0 Å². The molecule has 0 saturated heterocycles. The van der Waals surface area contributed by atoms with Crippen molar-refractivity contribution in [3.05, 3.63) is 42.2 Å². The van der Waals surface area contributed by atoms with Crippen molar-refractivity contribution >= 4 is 5.82 Å². The predicted octanol–water partition coefficient (Wildman–Crippen LogP) is 2.43. The third-order valence-electron chi connectivity index (χ3n) is 2.80. The van der Waals surface area contributed by atoms with Crippen LogP contribution in [-0.4, -0.2) is 22.8 Å². The fourth-order valence-corrected chi connectivity index (χ4v) is 1.76. The van der Waals surface area contributed by atoms with Crippen molar-refractivity contribution < 1.29 is 4.39 Å². The first kappa shape index (κ1) is 13.4. The maximum absolute atomic E-state index is 12.8. The van der Waals surface area contributed by atoms with Crippen molar-refractivity contribution in [2.24, 2.45) is 5.73 Å². The summed E-state index contributed by atoms with van der Waals surface area (Å²) in [5.74, 6) is 0.456. The fourth-order valence-electron chi connectivity index (χ4n) is 1.76. The van der Waals surface area contributed by atoms with Gasteiger partial charge in [-0.25, -0.2) is 4.39 Å². The summed E-state index contributed by atoms with van der Waals surface area (Å²) in [7, 11) is 0. The maximum Gasteiger partial charge on any atom is 0.148 e. The minimum atomic E-state index is -0.259. The number of halogens is 1. The van der Waals surface area contributed by atoms with Crippen LogP contribution in [0.4, 0.5) is 10.2 Å². The molecule has 0 spiro atoms. The molecule has 100 valence electrons. The molecule has 0 aliphatic carbocycles. The summed E-state index contributed by atoms with van der Waals surface area (Å²) in [6, 6.07) is 10.2. The molecule has 1 aromatic heterocycles. The Morgan fingerprint density at radius 2 is 1.89 bits per heavy atom. The smallest absolute Gasteiger partial charge is 0.148 e. The monoisotopic (exact) mass is 260 g/mol. The molecule has 0 fully saturated rings. The van der Waals surface area contributed by atoms with Gasteiger partial charge in [-0.1, -0.05) is 0 Å². The summed E-state index contributed by atoms with van der Waals surface area (Å²) < 4.78 is 12.8. The first-order valence-corrected chi connectivity index (χ1v) is 6.25. The lowest BCUT2D eigenvalue weighted by molar-refractivity contribution is 0.628. The lowest BCUT2D eigenvalue weighted by Gasteiger charge is -2.12. The first-order valence-electron chi connectivity index (χ1n) is 6.25. The van der Waals surface area contributed by atoms with Gasteiger partial charge in [-0.15, -0.1) is 10.2 Å². The number of nitrogens with two attached hydrogens (primary N) is 1. The highest BCUT2D eigenvalue weighted by Crippen LogP contribution is 2.17. The van der Waals surface area contributed by atoms with Crippen LogP contribution in [0.2, 0.25) is 0 Å². The molecule has 2 rings (SSSR count). The minimum absolute atomic E-state index is 0.259. The van der Waals surface area contributed by atoms with Crippen LogP contribution in [0.1, 0.15) is 13.3 Å². The van der Waals surface area contributed by atoms with Crippen LogP contribution in [0, 0.1) is 5.82 Å². The number of hydrogen-bond donors (Lipinski definition) is 2. The largest absolute Gasteiger partial charge is 0.366 e.